The van der Waals surface area contributed by atoms with Gasteiger partial charge in [0.25, 0.3) is 0 Å². The molecule has 0 saturated carbocycles. The van der Waals surface area contributed by atoms with Crippen LogP contribution < -0.4 is 10.6 Å². The molecule has 17 heavy (non-hydrogen) atoms. The summed E-state index contributed by atoms with van der Waals surface area (Å²) in [7, 11) is 0. The third-order valence-electron chi connectivity index (χ3n) is 3.09. The third-order valence-corrected chi connectivity index (χ3v) is 3.09. The van der Waals surface area contributed by atoms with Gasteiger partial charge in [0.05, 0.1) is 0 Å². The molecule has 0 radical (unpaired) electrons. The zero-order chi connectivity index (χ0) is 13.0. The number of nitrogens with two attached hydrogens (primary N) is 1. The first-order chi connectivity index (χ1) is 7.95. The minimum Gasteiger partial charge on any atom is -0.369 e. The molecule has 0 bridgehead atoms. The van der Waals surface area contributed by atoms with E-state index in [0.29, 0.717) is 6.04 Å². The minimum atomic E-state index is 0.229. The molecule has 1 aromatic rings. The standard InChI is InChI=1S/C15H26N2/c1-6-17(11(2)3)15-8-7-14(9-12(15)4)10-13(5)16/h7-9,11,13H,6,10,16H2,1-5H3. The van der Waals surface area contributed by atoms with Gasteiger partial charge in [-0.05, 0) is 58.2 Å². The van der Waals surface area contributed by atoms with Gasteiger partial charge in [-0.15, -0.1) is 0 Å². The quantitative estimate of drug-likeness (QED) is 0.848. The van der Waals surface area contributed by atoms with Gasteiger partial charge in [0.2, 0.25) is 0 Å². The molecule has 0 amide bonds. The summed E-state index contributed by atoms with van der Waals surface area (Å²) < 4.78 is 0. The molecule has 1 aromatic carbocycles. The van der Waals surface area contributed by atoms with Gasteiger partial charge in [-0.25, -0.2) is 0 Å². The molecule has 0 saturated heterocycles. The highest BCUT2D eigenvalue weighted by molar-refractivity contribution is 5.55. The maximum absolute atomic E-state index is 5.84. The lowest BCUT2D eigenvalue weighted by molar-refractivity contribution is 0.700. The maximum atomic E-state index is 5.84. The van der Waals surface area contributed by atoms with Gasteiger partial charge in [0.15, 0.2) is 0 Å². The van der Waals surface area contributed by atoms with Crippen molar-refractivity contribution in [1.82, 2.24) is 0 Å². The number of hydrogen-bond donors (Lipinski definition) is 1. The summed E-state index contributed by atoms with van der Waals surface area (Å²) in [5.41, 5.74) is 9.86. The Balaban J connectivity index is 2.96. The van der Waals surface area contributed by atoms with Crippen molar-refractivity contribution in [2.75, 3.05) is 11.4 Å². The number of benzene rings is 1. The first-order valence-electron chi connectivity index (χ1n) is 6.57. The molecule has 1 atom stereocenters. The largest absolute Gasteiger partial charge is 0.369 e. The Morgan fingerprint density at radius 1 is 1.24 bits per heavy atom. The van der Waals surface area contributed by atoms with E-state index in [0.717, 1.165) is 13.0 Å². The van der Waals surface area contributed by atoms with Crippen LogP contribution in [0.3, 0.4) is 0 Å². The first kappa shape index (κ1) is 14.0. The average molecular weight is 234 g/mol. The topological polar surface area (TPSA) is 29.3 Å². The molecular weight excluding hydrogens is 208 g/mol. The van der Waals surface area contributed by atoms with Crippen molar-refractivity contribution in [3.8, 4) is 0 Å². The van der Waals surface area contributed by atoms with Crippen molar-refractivity contribution in [2.24, 2.45) is 5.73 Å². The molecular formula is C15H26N2. The molecule has 2 heteroatoms. The summed E-state index contributed by atoms with van der Waals surface area (Å²) in [6.07, 6.45) is 0.953. The molecule has 0 aliphatic carbocycles. The highest BCUT2D eigenvalue weighted by atomic mass is 15.1. The van der Waals surface area contributed by atoms with Gasteiger partial charge in [-0.3, -0.25) is 0 Å². The molecule has 1 unspecified atom stereocenters. The van der Waals surface area contributed by atoms with Crippen LogP contribution in [-0.2, 0) is 6.42 Å². The molecule has 2 N–H and O–H groups in total. The van der Waals surface area contributed by atoms with Crippen LogP contribution >= 0.6 is 0 Å². The van der Waals surface area contributed by atoms with E-state index in [1.165, 1.54) is 16.8 Å². The van der Waals surface area contributed by atoms with E-state index in [1.54, 1.807) is 0 Å². The van der Waals surface area contributed by atoms with Crippen molar-refractivity contribution in [3.05, 3.63) is 29.3 Å². The van der Waals surface area contributed by atoms with Crippen molar-refractivity contribution >= 4 is 5.69 Å². The fraction of sp³-hybridized carbons (Fsp3) is 0.600. The second-order valence-electron chi connectivity index (χ2n) is 5.18. The molecule has 0 aliphatic rings. The molecule has 0 heterocycles. The monoisotopic (exact) mass is 234 g/mol. The van der Waals surface area contributed by atoms with Gasteiger partial charge < -0.3 is 10.6 Å². The van der Waals surface area contributed by atoms with E-state index in [4.69, 9.17) is 5.73 Å². The minimum absolute atomic E-state index is 0.229. The van der Waals surface area contributed by atoms with E-state index >= 15 is 0 Å². The summed E-state index contributed by atoms with van der Waals surface area (Å²) in [6.45, 7) is 12.0. The van der Waals surface area contributed by atoms with Crippen LogP contribution in [0.5, 0.6) is 0 Å². The van der Waals surface area contributed by atoms with Crippen LogP contribution in [-0.4, -0.2) is 18.6 Å². The lowest BCUT2D eigenvalue weighted by atomic mass is 10.0. The Kier molecular flexibility index (Phi) is 5.01. The van der Waals surface area contributed by atoms with E-state index in [2.05, 4.69) is 57.7 Å². The summed E-state index contributed by atoms with van der Waals surface area (Å²) in [4.78, 5) is 2.42. The summed E-state index contributed by atoms with van der Waals surface area (Å²) in [6, 6.07) is 7.47. The second-order valence-corrected chi connectivity index (χ2v) is 5.18. The van der Waals surface area contributed by atoms with Crippen molar-refractivity contribution < 1.29 is 0 Å². The highest BCUT2D eigenvalue weighted by Crippen LogP contribution is 2.23. The second kappa shape index (κ2) is 6.06. The normalized spacial score (nSPS) is 12.9. The number of rotatable bonds is 5. The molecule has 96 valence electrons. The smallest absolute Gasteiger partial charge is 0.0398 e. The predicted octanol–water partition coefficient (Wildman–Crippen LogP) is 3.12. The SMILES string of the molecule is CCN(c1ccc(CC(C)N)cc1C)C(C)C. The van der Waals surface area contributed by atoms with Crippen molar-refractivity contribution in [1.29, 1.82) is 0 Å². The number of nitrogens with zero attached hydrogens (tertiary/aromatic N) is 1. The van der Waals surface area contributed by atoms with E-state index in [-0.39, 0.29) is 6.04 Å². The van der Waals surface area contributed by atoms with Crippen LogP contribution in [0.4, 0.5) is 5.69 Å². The van der Waals surface area contributed by atoms with Crippen LogP contribution in [0.15, 0.2) is 18.2 Å². The lowest BCUT2D eigenvalue weighted by Gasteiger charge is -2.29. The third kappa shape index (κ3) is 3.74. The summed E-state index contributed by atoms with van der Waals surface area (Å²) in [5.74, 6) is 0. The van der Waals surface area contributed by atoms with Crippen LogP contribution in [0.2, 0.25) is 0 Å². The number of aryl methyl sites for hydroxylation is 1. The fourth-order valence-electron chi connectivity index (χ4n) is 2.35. The molecule has 0 aliphatic heterocycles. The van der Waals surface area contributed by atoms with Gasteiger partial charge in [-0.1, -0.05) is 12.1 Å². The Labute approximate surface area is 106 Å². The summed E-state index contributed by atoms with van der Waals surface area (Å²) in [5, 5.41) is 0. The van der Waals surface area contributed by atoms with Gasteiger partial charge >= 0.3 is 0 Å². The fourth-order valence-corrected chi connectivity index (χ4v) is 2.35. The van der Waals surface area contributed by atoms with Gasteiger partial charge in [0.1, 0.15) is 0 Å². The molecule has 0 fully saturated rings. The molecule has 1 rings (SSSR count). The Hall–Kier alpha value is -1.02. The zero-order valence-corrected chi connectivity index (χ0v) is 11.8. The van der Waals surface area contributed by atoms with Crippen LogP contribution in [0.1, 0.15) is 38.8 Å². The Morgan fingerprint density at radius 2 is 1.88 bits per heavy atom. The number of hydrogen-bond acceptors (Lipinski definition) is 2. The van der Waals surface area contributed by atoms with E-state index in [9.17, 15) is 0 Å². The Morgan fingerprint density at radius 3 is 2.29 bits per heavy atom. The molecule has 2 nitrogen and oxygen atoms in total. The Bertz CT molecular complexity index is 356. The van der Waals surface area contributed by atoms with Crippen LogP contribution in [0.25, 0.3) is 0 Å². The lowest BCUT2D eigenvalue weighted by Crippen LogP contribution is -2.31. The van der Waals surface area contributed by atoms with Crippen LogP contribution in [0, 0.1) is 6.92 Å². The summed E-state index contributed by atoms with van der Waals surface area (Å²) >= 11 is 0. The first-order valence-corrected chi connectivity index (χ1v) is 6.57. The van der Waals surface area contributed by atoms with Crippen molar-refractivity contribution in [2.45, 2.75) is 53.1 Å². The zero-order valence-electron chi connectivity index (χ0n) is 11.8. The van der Waals surface area contributed by atoms with Gasteiger partial charge in [-0.2, -0.15) is 0 Å². The van der Waals surface area contributed by atoms with Gasteiger partial charge in [0, 0.05) is 24.3 Å². The highest BCUT2D eigenvalue weighted by Gasteiger charge is 2.11. The van der Waals surface area contributed by atoms with E-state index in [1.807, 2.05) is 0 Å². The molecule has 0 spiro atoms. The predicted molar refractivity (Wildman–Crippen MR) is 76.7 cm³/mol. The average Bonchev–Trinajstić information content (AvgIpc) is 2.20. The van der Waals surface area contributed by atoms with Crippen molar-refractivity contribution in [3.63, 3.8) is 0 Å². The van der Waals surface area contributed by atoms with E-state index < -0.39 is 0 Å². The molecule has 0 aromatic heterocycles. The maximum Gasteiger partial charge on any atom is 0.0398 e. The number of anilines is 1.